The van der Waals surface area contributed by atoms with E-state index >= 15 is 0 Å². The maximum Gasteiger partial charge on any atom is 0.126 e. The van der Waals surface area contributed by atoms with Gasteiger partial charge in [0.25, 0.3) is 0 Å². The van der Waals surface area contributed by atoms with E-state index in [1.54, 1.807) is 13.0 Å². The molecule has 1 rings (SSSR count). The molecular formula is C10H12FN3O. The zero-order chi connectivity index (χ0) is 11.3. The Labute approximate surface area is 87.0 Å². The molecule has 15 heavy (non-hydrogen) atoms. The highest BCUT2D eigenvalue weighted by atomic mass is 19.1. The summed E-state index contributed by atoms with van der Waals surface area (Å²) in [4.78, 5) is 2.59. The Bertz CT molecular complexity index is 388. The van der Waals surface area contributed by atoms with Crippen LogP contribution >= 0.6 is 0 Å². The van der Waals surface area contributed by atoms with E-state index in [9.17, 15) is 9.50 Å². The lowest BCUT2D eigenvalue weighted by molar-refractivity contribution is 0.170. The van der Waals surface area contributed by atoms with E-state index in [2.05, 4.69) is 10.0 Å². The van der Waals surface area contributed by atoms with E-state index in [-0.39, 0.29) is 12.4 Å². The van der Waals surface area contributed by atoms with Gasteiger partial charge in [-0.3, -0.25) is 0 Å². The fraction of sp³-hybridized carbons (Fsp3) is 0.400. The molecule has 1 aromatic carbocycles. The first-order chi connectivity index (χ1) is 7.15. The molecule has 0 aromatic heterocycles. The van der Waals surface area contributed by atoms with Gasteiger partial charge in [0.1, 0.15) is 5.82 Å². The number of hydrogen-bond acceptors (Lipinski definition) is 2. The summed E-state index contributed by atoms with van der Waals surface area (Å²) in [5.41, 5.74) is 9.19. The van der Waals surface area contributed by atoms with Crippen molar-refractivity contribution >= 4 is 0 Å². The number of aliphatic hydroxyl groups excluding tert-OH is 1. The molecule has 0 spiro atoms. The molecule has 5 heteroatoms. The molecule has 0 aliphatic carbocycles. The Morgan fingerprint density at radius 2 is 2.33 bits per heavy atom. The van der Waals surface area contributed by atoms with Crippen LogP contribution in [0.2, 0.25) is 0 Å². The summed E-state index contributed by atoms with van der Waals surface area (Å²) in [6, 6.07) is 4.45. The lowest BCUT2D eigenvalue weighted by atomic mass is 10.0. The van der Waals surface area contributed by atoms with Crippen LogP contribution in [-0.4, -0.2) is 11.7 Å². The fourth-order valence-electron chi connectivity index (χ4n) is 1.27. The second kappa shape index (κ2) is 5.34. The minimum Gasteiger partial charge on any atom is -0.388 e. The van der Waals surface area contributed by atoms with Crippen molar-refractivity contribution in [3.63, 3.8) is 0 Å². The second-order valence-corrected chi connectivity index (χ2v) is 3.27. The van der Waals surface area contributed by atoms with Crippen LogP contribution in [0.1, 0.15) is 23.7 Å². The average Bonchev–Trinajstić information content (AvgIpc) is 2.22. The van der Waals surface area contributed by atoms with Crippen molar-refractivity contribution in [1.29, 1.82) is 0 Å². The molecule has 0 aliphatic rings. The first-order valence-electron chi connectivity index (χ1n) is 4.60. The first-order valence-corrected chi connectivity index (χ1v) is 4.60. The summed E-state index contributed by atoms with van der Waals surface area (Å²) in [7, 11) is 0. The Morgan fingerprint density at radius 1 is 1.60 bits per heavy atom. The highest BCUT2D eigenvalue weighted by Gasteiger charge is 2.08. The molecule has 0 fully saturated rings. The van der Waals surface area contributed by atoms with Crippen LogP contribution in [0, 0.1) is 12.7 Å². The van der Waals surface area contributed by atoms with E-state index in [1.807, 2.05) is 0 Å². The SMILES string of the molecule is Cc1cc(C(O)CCN=[N+]=[N-])ccc1F. The van der Waals surface area contributed by atoms with Crippen LogP contribution in [0.25, 0.3) is 10.4 Å². The number of aliphatic hydroxyl groups is 1. The van der Waals surface area contributed by atoms with Crippen molar-refractivity contribution in [2.45, 2.75) is 19.4 Å². The van der Waals surface area contributed by atoms with Gasteiger partial charge >= 0.3 is 0 Å². The van der Waals surface area contributed by atoms with Crippen LogP contribution in [0.4, 0.5) is 4.39 Å². The number of aryl methyl sites for hydroxylation is 1. The Balaban J connectivity index is 2.69. The van der Waals surface area contributed by atoms with Crippen LogP contribution in [-0.2, 0) is 0 Å². The lowest BCUT2D eigenvalue weighted by Crippen LogP contribution is -2.00. The Kier molecular flexibility index (Phi) is 4.09. The quantitative estimate of drug-likeness (QED) is 0.462. The summed E-state index contributed by atoms with van der Waals surface area (Å²) in [6.07, 6.45) is -0.371. The summed E-state index contributed by atoms with van der Waals surface area (Å²) in [5, 5.41) is 13.0. The number of nitrogens with zero attached hydrogens (tertiary/aromatic N) is 3. The van der Waals surface area contributed by atoms with Crippen molar-refractivity contribution in [2.24, 2.45) is 5.11 Å². The number of azide groups is 1. The maximum atomic E-state index is 12.9. The topological polar surface area (TPSA) is 69.0 Å². The smallest absolute Gasteiger partial charge is 0.126 e. The van der Waals surface area contributed by atoms with Gasteiger partial charge in [-0.05, 0) is 36.1 Å². The van der Waals surface area contributed by atoms with Gasteiger partial charge in [-0.25, -0.2) is 4.39 Å². The second-order valence-electron chi connectivity index (χ2n) is 3.27. The third-order valence-electron chi connectivity index (χ3n) is 2.13. The third kappa shape index (κ3) is 3.23. The van der Waals surface area contributed by atoms with Gasteiger partial charge in [0.2, 0.25) is 0 Å². The Hall–Kier alpha value is -1.58. The van der Waals surface area contributed by atoms with E-state index < -0.39 is 6.10 Å². The lowest BCUT2D eigenvalue weighted by Gasteiger charge is -2.10. The molecule has 0 aliphatic heterocycles. The molecule has 1 unspecified atom stereocenters. The van der Waals surface area contributed by atoms with Crippen LogP contribution < -0.4 is 0 Å². The minimum atomic E-state index is -0.713. The zero-order valence-corrected chi connectivity index (χ0v) is 8.39. The monoisotopic (exact) mass is 209 g/mol. The molecule has 0 heterocycles. The molecule has 1 atom stereocenters. The fourth-order valence-corrected chi connectivity index (χ4v) is 1.27. The standard InChI is InChI=1S/C10H12FN3O/c1-7-6-8(2-3-9(7)11)10(15)4-5-13-14-12/h2-3,6,10,15H,4-5H2,1H3. The van der Waals surface area contributed by atoms with Crippen molar-refractivity contribution in [1.82, 2.24) is 0 Å². The van der Waals surface area contributed by atoms with Crippen LogP contribution in [0.3, 0.4) is 0 Å². The predicted molar refractivity (Wildman–Crippen MR) is 54.7 cm³/mol. The van der Waals surface area contributed by atoms with Crippen LogP contribution in [0.5, 0.6) is 0 Å². The van der Waals surface area contributed by atoms with Gasteiger partial charge in [-0.1, -0.05) is 17.2 Å². The number of hydrogen-bond donors (Lipinski definition) is 1. The molecule has 0 saturated carbocycles. The maximum absolute atomic E-state index is 12.9. The summed E-state index contributed by atoms with van der Waals surface area (Å²) >= 11 is 0. The number of rotatable bonds is 4. The third-order valence-corrected chi connectivity index (χ3v) is 2.13. The van der Waals surface area contributed by atoms with E-state index in [0.29, 0.717) is 17.5 Å². The normalized spacial score (nSPS) is 11.9. The van der Waals surface area contributed by atoms with Crippen molar-refractivity contribution in [2.75, 3.05) is 6.54 Å². The molecule has 0 bridgehead atoms. The van der Waals surface area contributed by atoms with Gasteiger partial charge in [-0.15, -0.1) is 0 Å². The predicted octanol–water partition coefficient (Wildman–Crippen LogP) is 2.87. The van der Waals surface area contributed by atoms with Crippen molar-refractivity contribution in [3.8, 4) is 0 Å². The van der Waals surface area contributed by atoms with Gasteiger partial charge in [0.15, 0.2) is 0 Å². The van der Waals surface area contributed by atoms with Gasteiger partial charge in [-0.2, -0.15) is 0 Å². The van der Waals surface area contributed by atoms with Crippen LogP contribution in [0.15, 0.2) is 23.3 Å². The highest BCUT2D eigenvalue weighted by Crippen LogP contribution is 2.19. The average molecular weight is 209 g/mol. The summed E-state index contributed by atoms with van der Waals surface area (Å²) in [6.45, 7) is 1.87. The minimum absolute atomic E-state index is 0.230. The van der Waals surface area contributed by atoms with Gasteiger partial charge < -0.3 is 5.11 Å². The number of benzene rings is 1. The number of halogens is 1. The zero-order valence-electron chi connectivity index (χ0n) is 8.39. The molecule has 0 radical (unpaired) electrons. The van der Waals surface area contributed by atoms with Crippen molar-refractivity contribution < 1.29 is 9.50 Å². The molecule has 0 amide bonds. The van der Waals surface area contributed by atoms with Gasteiger partial charge in [0.05, 0.1) is 6.10 Å². The molecule has 1 N–H and O–H groups in total. The van der Waals surface area contributed by atoms with Crippen molar-refractivity contribution in [3.05, 3.63) is 45.6 Å². The van der Waals surface area contributed by atoms with Gasteiger partial charge in [0, 0.05) is 11.5 Å². The van der Waals surface area contributed by atoms with E-state index in [1.165, 1.54) is 12.1 Å². The molecule has 80 valence electrons. The molecule has 1 aromatic rings. The molecule has 0 saturated heterocycles. The molecule has 4 nitrogen and oxygen atoms in total. The summed E-state index contributed by atoms with van der Waals surface area (Å²) in [5.74, 6) is -0.291. The summed E-state index contributed by atoms with van der Waals surface area (Å²) < 4.78 is 12.9. The first kappa shape index (κ1) is 11.5. The van der Waals surface area contributed by atoms with E-state index in [0.717, 1.165) is 0 Å². The molecular weight excluding hydrogens is 197 g/mol. The highest BCUT2D eigenvalue weighted by molar-refractivity contribution is 5.25. The largest absolute Gasteiger partial charge is 0.388 e. The van der Waals surface area contributed by atoms with E-state index in [4.69, 9.17) is 5.53 Å². The Morgan fingerprint density at radius 3 is 2.93 bits per heavy atom.